The molecule has 1 heterocycles. The monoisotopic (exact) mass is 445 g/mol. The van der Waals surface area contributed by atoms with Crippen molar-refractivity contribution in [2.45, 2.75) is 46.5 Å². The van der Waals surface area contributed by atoms with Gasteiger partial charge in [-0.1, -0.05) is 36.8 Å². The minimum atomic E-state index is -0.274. The first kappa shape index (κ1) is 20.1. The van der Waals surface area contributed by atoms with Gasteiger partial charge >= 0.3 is 0 Å². The third kappa shape index (κ3) is 4.92. The Morgan fingerprint density at radius 2 is 2.04 bits per heavy atom. The van der Waals surface area contributed by atoms with Crippen molar-refractivity contribution in [3.05, 3.63) is 31.7 Å². The third-order valence-corrected chi connectivity index (χ3v) is 6.52. The largest absolute Gasteiger partial charge is 0.483 e. The number of halogens is 2. The number of benzene rings is 1. The zero-order valence-corrected chi connectivity index (χ0v) is 17.8. The maximum atomic E-state index is 12.1. The minimum Gasteiger partial charge on any atom is -0.483 e. The fourth-order valence-electron chi connectivity index (χ4n) is 2.39. The third-order valence-electron chi connectivity index (χ3n) is 3.95. The Morgan fingerprint density at radius 3 is 2.68 bits per heavy atom. The number of nitrogens with zero attached hydrogens (tertiary/aromatic N) is 2. The maximum Gasteiger partial charge on any atom is 0.264 e. The van der Waals surface area contributed by atoms with Gasteiger partial charge in [-0.2, -0.15) is 0 Å². The van der Waals surface area contributed by atoms with Crippen LogP contribution in [0.5, 0.6) is 5.75 Å². The van der Waals surface area contributed by atoms with E-state index in [0.29, 0.717) is 21.8 Å². The summed E-state index contributed by atoms with van der Waals surface area (Å²) in [5.74, 6) is 0.698. The van der Waals surface area contributed by atoms with Gasteiger partial charge < -0.3 is 4.74 Å². The molecule has 0 aliphatic carbocycles. The molecule has 1 amide bonds. The molecule has 0 radical (unpaired) electrons. The standard InChI is InChI=1S/C17H21BrClN3O2S/c1-5-11(6-2)16-21-22-17(25-16)20-13(23)8-24-12-7-9(3)15(19)10(4)14(12)18/h7,11H,5-6,8H2,1-4H3,(H,20,22,23). The molecule has 5 nitrogen and oxygen atoms in total. The lowest BCUT2D eigenvalue weighted by Gasteiger charge is -2.12. The number of aromatic nitrogens is 2. The number of hydrogen-bond donors (Lipinski definition) is 1. The molecule has 0 saturated heterocycles. The smallest absolute Gasteiger partial charge is 0.264 e. The summed E-state index contributed by atoms with van der Waals surface area (Å²) in [7, 11) is 0. The van der Waals surface area contributed by atoms with Crippen molar-refractivity contribution in [3.8, 4) is 5.75 Å². The molecule has 8 heteroatoms. The Bertz CT molecular complexity index is 763. The second-order valence-electron chi connectivity index (χ2n) is 5.74. The Hall–Kier alpha value is -1.18. The summed E-state index contributed by atoms with van der Waals surface area (Å²) >= 11 is 11.1. The number of carbonyl (C=O) groups excluding carboxylic acids is 1. The van der Waals surface area contributed by atoms with E-state index < -0.39 is 0 Å². The first-order chi connectivity index (χ1) is 11.9. The number of rotatable bonds is 7. The quantitative estimate of drug-likeness (QED) is 0.610. The van der Waals surface area contributed by atoms with Crippen LogP contribution in [0.1, 0.15) is 48.7 Å². The van der Waals surface area contributed by atoms with Gasteiger partial charge in [0.15, 0.2) is 6.61 Å². The summed E-state index contributed by atoms with van der Waals surface area (Å²) in [6.07, 6.45) is 2.01. The second-order valence-corrected chi connectivity index (χ2v) is 7.92. The van der Waals surface area contributed by atoms with Gasteiger partial charge in [-0.25, -0.2) is 0 Å². The Balaban J connectivity index is 1.98. The van der Waals surface area contributed by atoms with Gasteiger partial charge in [0, 0.05) is 10.9 Å². The lowest BCUT2D eigenvalue weighted by atomic mass is 10.1. The topological polar surface area (TPSA) is 64.1 Å². The molecule has 25 heavy (non-hydrogen) atoms. The summed E-state index contributed by atoms with van der Waals surface area (Å²) in [5, 5.41) is 13.1. The molecule has 0 saturated carbocycles. The molecule has 1 aromatic carbocycles. The number of nitrogens with one attached hydrogen (secondary N) is 1. The molecule has 0 aliphatic heterocycles. The summed E-state index contributed by atoms with van der Waals surface area (Å²) < 4.78 is 6.38. The van der Waals surface area contributed by atoms with E-state index in [1.54, 1.807) is 0 Å². The molecule has 0 unspecified atom stereocenters. The van der Waals surface area contributed by atoms with E-state index in [0.717, 1.165) is 33.4 Å². The van der Waals surface area contributed by atoms with Crippen molar-refractivity contribution in [2.75, 3.05) is 11.9 Å². The van der Waals surface area contributed by atoms with Gasteiger partial charge in [-0.15, -0.1) is 10.2 Å². The average molecular weight is 447 g/mol. The van der Waals surface area contributed by atoms with Crippen LogP contribution in [0, 0.1) is 13.8 Å². The van der Waals surface area contributed by atoms with E-state index in [-0.39, 0.29) is 12.5 Å². The van der Waals surface area contributed by atoms with Crippen molar-refractivity contribution in [3.63, 3.8) is 0 Å². The van der Waals surface area contributed by atoms with Crippen LogP contribution in [-0.4, -0.2) is 22.7 Å². The van der Waals surface area contributed by atoms with Crippen molar-refractivity contribution in [1.29, 1.82) is 0 Å². The predicted octanol–water partition coefficient (Wildman–Crippen LogP) is 5.49. The maximum absolute atomic E-state index is 12.1. The normalized spacial score (nSPS) is 11.0. The lowest BCUT2D eigenvalue weighted by molar-refractivity contribution is -0.118. The van der Waals surface area contributed by atoms with Crippen LogP contribution < -0.4 is 10.1 Å². The van der Waals surface area contributed by atoms with Gasteiger partial charge in [0.25, 0.3) is 5.91 Å². The van der Waals surface area contributed by atoms with Crippen molar-refractivity contribution >= 4 is 49.9 Å². The predicted molar refractivity (Wildman–Crippen MR) is 106 cm³/mol. The average Bonchev–Trinajstić information content (AvgIpc) is 3.04. The van der Waals surface area contributed by atoms with Gasteiger partial charge in [-0.05, 0) is 59.8 Å². The number of hydrogen-bond acceptors (Lipinski definition) is 5. The zero-order chi connectivity index (χ0) is 18.6. The van der Waals surface area contributed by atoms with Crippen LogP contribution in [0.25, 0.3) is 0 Å². The van der Waals surface area contributed by atoms with Crippen LogP contribution in [0.2, 0.25) is 5.02 Å². The second kappa shape index (κ2) is 8.96. The van der Waals surface area contributed by atoms with Crippen LogP contribution in [-0.2, 0) is 4.79 Å². The highest BCUT2D eigenvalue weighted by molar-refractivity contribution is 9.10. The van der Waals surface area contributed by atoms with Crippen LogP contribution in [0.4, 0.5) is 5.13 Å². The van der Waals surface area contributed by atoms with Crippen LogP contribution >= 0.6 is 38.9 Å². The van der Waals surface area contributed by atoms with Gasteiger partial charge in [0.05, 0.1) is 4.47 Å². The van der Waals surface area contributed by atoms with Gasteiger partial charge in [0.2, 0.25) is 5.13 Å². The number of aryl methyl sites for hydroxylation is 1. The minimum absolute atomic E-state index is 0.112. The van der Waals surface area contributed by atoms with Crippen molar-refractivity contribution in [1.82, 2.24) is 10.2 Å². The van der Waals surface area contributed by atoms with Gasteiger partial charge in [0.1, 0.15) is 10.8 Å². The van der Waals surface area contributed by atoms with E-state index in [2.05, 4.69) is 45.3 Å². The molecule has 2 aromatic rings. The number of amides is 1. The van der Waals surface area contributed by atoms with Crippen LogP contribution in [0.15, 0.2) is 10.5 Å². The fourth-order valence-corrected chi connectivity index (χ4v) is 4.11. The molecule has 0 spiro atoms. The highest BCUT2D eigenvalue weighted by Gasteiger charge is 2.16. The zero-order valence-electron chi connectivity index (χ0n) is 14.7. The molecular weight excluding hydrogens is 426 g/mol. The molecular formula is C17H21BrClN3O2S. The summed E-state index contributed by atoms with van der Waals surface area (Å²) in [4.78, 5) is 12.1. The first-order valence-electron chi connectivity index (χ1n) is 8.08. The molecule has 2 rings (SSSR count). The Morgan fingerprint density at radius 1 is 1.36 bits per heavy atom. The van der Waals surface area contributed by atoms with Crippen molar-refractivity contribution < 1.29 is 9.53 Å². The Labute approximate surface area is 165 Å². The fraction of sp³-hybridized carbons (Fsp3) is 0.471. The molecule has 136 valence electrons. The number of anilines is 1. The van der Waals surface area contributed by atoms with E-state index in [1.807, 2.05) is 19.9 Å². The molecule has 0 bridgehead atoms. The molecule has 0 aliphatic rings. The Kier molecular flexibility index (Phi) is 7.22. The van der Waals surface area contributed by atoms with Gasteiger partial charge in [-0.3, -0.25) is 10.1 Å². The SMILES string of the molecule is CCC(CC)c1nnc(NC(=O)COc2cc(C)c(Cl)c(C)c2Br)s1. The molecule has 0 fully saturated rings. The number of carbonyl (C=O) groups is 1. The van der Waals surface area contributed by atoms with E-state index in [4.69, 9.17) is 16.3 Å². The molecule has 0 atom stereocenters. The summed E-state index contributed by atoms with van der Waals surface area (Å²) in [5.41, 5.74) is 1.78. The molecule has 1 aromatic heterocycles. The molecule has 1 N–H and O–H groups in total. The van der Waals surface area contributed by atoms with E-state index in [1.165, 1.54) is 11.3 Å². The summed E-state index contributed by atoms with van der Waals surface area (Å²) in [6, 6.07) is 1.81. The van der Waals surface area contributed by atoms with Crippen LogP contribution in [0.3, 0.4) is 0 Å². The van der Waals surface area contributed by atoms with E-state index >= 15 is 0 Å². The highest BCUT2D eigenvalue weighted by atomic mass is 79.9. The summed E-state index contributed by atoms with van der Waals surface area (Å²) in [6.45, 7) is 7.92. The van der Waals surface area contributed by atoms with E-state index in [9.17, 15) is 4.79 Å². The first-order valence-corrected chi connectivity index (χ1v) is 10.1. The lowest BCUT2D eigenvalue weighted by Crippen LogP contribution is -2.20. The number of ether oxygens (including phenoxy) is 1. The highest BCUT2D eigenvalue weighted by Crippen LogP contribution is 2.35. The van der Waals surface area contributed by atoms with Crippen molar-refractivity contribution in [2.24, 2.45) is 0 Å².